The molecule has 90 valence electrons. The molecule has 1 heterocycles. The van der Waals surface area contributed by atoms with Crippen molar-refractivity contribution in [1.29, 1.82) is 0 Å². The lowest BCUT2D eigenvalue weighted by molar-refractivity contribution is 0.681. The summed E-state index contributed by atoms with van der Waals surface area (Å²) in [6.07, 6.45) is 1.86. The third-order valence-corrected chi connectivity index (χ3v) is 4.02. The van der Waals surface area contributed by atoms with Gasteiger partial charge in [-0.1, -0.05) is 12.1 Å². The Morgan fingerprint density at radius 2 is 1.82 bits per heavy atom. The van der Waals surface area contributed by atoms with Crippen LogP contribution >= 0.6 is 11.3 Å². The lowest BCUT2D eigenvalue weighted by Gasteiger charge is -2.18. The first kappa shape index (κ1) is 12.3. The fourth-order valence-electron chi connectivity index (χ4n) is 2.08. The molecule has 0 amide bonds. The van der Waals surface area contributed by atoms with E-state index >= 15 is 0 Å². The first-order valence-electron chi connectivity index (χ1n) is 5.78. The molecule has 1 N–H and O–H groups in total. The molecule has 1 atom stereocenters. The van der Waals surface area contributed by atoms with Gasteiger partial charge >= 0.3 is 0 Å². The highest BCUT2D eigenvalue weighted by atomic mass is 32.1. The molecule has 2 nitrogen and oxygen atoms in total. The van der Waals surface area contributed by atoms with Crippen LogP contribution in [-0.2, 0) is 0 Å². The standard InChI is InChI=1S/C14H18N2S/c1-9-7-11(3)12(8-10(9)2)13(15-4)14-16-5-6-17-14/h5-8,13,15H,1-4H3. The van der Waals surface area contributed by atoms with E-state index in [0.29, 0.717) is 0 Å². The average molecular weight is 246 g/mol. The van der Waals surface area contributed by atoms with Crippen molar-refractivity contribution in [3.8, 4) is 0 Å². The van der Waals surface area contributed by atoms with Gasteiger partial charge in [-0.3, -0.25) is 0 Å². The molecule has 0 spiro atoms. The Kier molecular flexibility index (Phi) is 3.60. The summed E-state index contributed by atoms with van der Waals surface area (Å²) in [7, 11) is 1.99. The summed E-state index contributed by atoms with van der Waals surface area (Å²) in [5, 5.41) is 6.50. The van der Waals surface area contributed by atoms with Gasteiger partial charge in [0.15, 0.2) is 0 Å². The zero-order valence-corrected chi connectivity index (χ0v) is 11.6. The van der Waals surface area contributed by atoms with Crippen LogP contribution in [0.4, 0.5) is 0 Å². The molecule has 0 saturated carbocycles. The van der Waals surface area contributed by atoms with Gasteiger partial charge in [0.05, 0.1) is 6.04 Å². The van der Waals surface area contributed by atoms with Crippen LogP contribution in [0.5, 0.6) is 0 Å². The fraction of sp³-hybridized carbons (Fsp3) is 0.357. The number of nitrogens with one attached hydrogen (secondary N) is 1. The highest BCUT2D eigenvalue weighted by molar-refractivity contribution is 7.09. The number of nitrogens with zero attached hydrogens (tertiary/aromatic N) is 1. The maximum atomic E-state index is 4.41. The lowest BCUT2D eigenvalue weighted by Crippen LogP contribution is -2.18. The highest BCUT2D eigenvalue weighted by Crippen LogP contribution is 2.28. The van der Waals surface area contributed by atoms with Crippen molar-refractivity contribution in [1.82, 2.24) is 10.3 Å². The van der Waals surface area contributed by atoms with Gasteiger partial charge in [-0.05, 0) is 50.1 Å². The van der Waals surface area contributed by atoms with E-state index in [9.17, 15) is 0 Å². The largest absolute Gasteiger partial charge is 0.307 e. The maximum Gasteiger partial charge on any atom is 0.114 e. The summed E-state index contributed by atoms with van der Waals surface area (Å²) in [4.78, 5) is 4.41. The van der Waals surface area contributed by atoms with Crippen molar-refractivity contribution in [3.05, 3.63) is 51.0 Å². The topological polar surface area (TPSA) is 24.9 Å². The number of thiazole rings is 1. The number of aryl methyl sites for hydroxylation is 3. The molecule has 0 bridgehead atoms. The Hall–Kier alpha value is -1.19. The van der Waals surface area contributed by atoms with Crippen LogP contribution in [0, 0.1) is 20.8 Å². The summed E-state index contributed by atoms with van der Waals surface area (Å²) in [6, 6.07) is 4.73. The molecule has 2 aromatic rings. The smallest absolute Gasteiger partial charge is 0.114 e. The average Bonchev–Trinajstić information content (AvgIpc) is 2.80. The van der Waals surface area contributed by atoms with E-state index in [-0.39, 0.29) is 6.04 Å². The number of rotatable bonds is 3. The van der Waals surface area contributed by atoms with Crippen molar-refractivity contribution >= 4 is 11.3 Å². The van der Waals surface area contributed by atoms with Gasteiger partial charge in [-0.15, -0.1) is 11.3 Å². The molecular formula is C14H18N2S. The monoisotopic (exact) mass is 246 g/mol. The highest BCUT2D eigenvalue weighted by Gasteiger charge is 2.17. The van der Waals surface area contributed by atoms with Gasteiger partial charge in [-0.25, -0.2) is 4.98 Å². The van der Waals surface area contributed by atoms with E-state index < -0.39 is 0 Å². The number of benzene rings is 1. The Bertz CT molecular complexity index is 503. The van der Waals surface area contributed by atoms with Crippen molar-refractivity contribution in [2.24, 2.45) is 0 Å². The Labute approximate surface area is 107 Å². The number of hydrogen-bond acceptors (Lipinski definition) is 3. The van der Waals surface area contributed by atoms with Gasteiger partial charge in [0.2, 0.25) is 0 Å². The summed E-state index contributed by atoms with van der Waals surface area (Å²) < 4.78 is 0. The molecule has 1 aromatic heterocycles. The normalized spacial score (nSPS) is 12.7. The minimum Gasteiger partial charge on any atom is -0.307 e. The minimum absolute atomic E-state index is 0.203. The fourth-order valence-corrected chi connectivity index (χ4v) is 2.85. The first-order valence-corrected chi connectivity index (χ1v) is 6.66. The van der Waals surface area contributed by atoms with E-state index in [4.69, 9.17) is 0 Å². The molecule has 0 aliphatic heterocycles. The number of aromatic nitrogens is 1. The molecule has 17 heavy (non-hydrogen) atoms. The molecule has 1 unspecified atom stereocenters. The molecule has 2 rings (SSSR count). The van der Waals surface area contributed by atoms with Crippen molar-refractivity contribution in [3.63, 3.8) is 0 Å². The zero-order chi connectivity index (χ0) is 12.4. The molecule has 0 aliphatic rings. The summed E-state index contributed by atoms with van der Waals surface area (Å²) in [5.41, 5.74) is 5.33. The number of hydrogen-bond donors (Lipinski definition) is 1. The molecular weight excluding hydrogens is 228 g/mol. The second-order valence-corrected chi connectivity index (χ2v) is 5.31. The minimum atomic E-state index is 0.203. The van der Waals surface area contributed by atoms with Gasteiger partial charge in [0.1, 0.15) is 5.01 Å². The van der Waals surface area contributed by atoms with Crippen LogP contribution < -0.4 is 5.32 Å². The van der Waals surface area contributed by atoms with Gasteiger partial charge in [0, 0.05) is 11.6 Å². The van der Waals surface area contributed by atoms with Crippen molar-refractivity contribution in [2.45, 2.75) is 26.8 Å². The van der Waals surface area contributed by atoms with E-state index in [1.54, 1.807) is 11.3 Å². The van der Waals surface area contributed by atoms with Gasteiger partial charge in [-0.2, -0.15) is 0 Å². The van der Waals surface area contributed by atoms with Gasteiger partial charge < -0.3 is 5.32 Å². The zero-order valence-electron chi connectivity index (χ0n) is 10.7. The summed E-state index contributed by atoms with van der Waals surface area (Å²) in [5.74, 6) is 0. The third-order valence-electron chi connectivity index (χ3n) is 3.18. The molecule has 3 heteroatoms. The second kappa shape index (κ2) is 4.98. The summed E-state index contributed by atoms with van der Waals surface area (Å²) >= 11 is 1.70. The SMILES string of the molecule is CNC(c1nccs1)c1cc(C)c(C)cc1C. The van der Waals surface area contributed by atoms with Crippen LogP contribution in [0.15, 0.2) is 23.7 Å². The Morgan fingerprint density at radius 1 is 1.12 bits per heavy atom. The van der Waals surface area contributed by atoms with Crippen LogP contribution in [0.25, 0.3) is 0 Å². The van der Waals surface area contributed by atoms with E-state index in [1.165, 1.54) is 22.3 Å². The first-order chi connectivity index (χ1) is 8.13. The van der Waals surface area contributed by atoms with E-state index in [2.05, 4.69) is 43.2 Å². The van der Waals surface area contributed by atoms with E-state index in [1.807, 2.05) is 18.6 Å². The third kappa shape index (κ3) is 2.40. The van der Waals surface area contributed by atoms with Crippen LogP contribution in [0.3, 0.4) is 0 Å². The molecule has 0 radical (unpaired) electrons. The second-order valence-electron chi connectivity index (χ2n) is 4.39. The van der Waals surface area contributed by atoms with Crippen LogP contribution in [0.2, 0.25) is 0 Å². The van der Waals surface area contributed by atoms with Gasteiger partial charge in [0.25, 0.3) is 0 Å². The molecule has 0 aliphatic carbocycles. The predicted molar refractivity (Wildman–Crippen MR) is 73.7 cm³/mol. The van der Waals surface area contributed by atoms with Crippen LogP contribution in [-0.4, -0.2) is 12.0 Å². The van der Waals surface area contributed by atoms with Crippen molar-refractivity contribution in [2.75, 3.05) is 7.05 Å². The summed E-state index contributed by atoms with van der Waals surface area (Å²) in [6.45, 7) is 6.48. The lowest BCUT2D eigenvalue weighted by atomic mass is 9.96. The van der Waals surface area contributed by atoms with Crippen LogP contribution in [0.1, 0.15) is 33.3 Å². The maximum absolute atomic E-state index is 4.41. The molecule has 0 saturated heterocycles. The van der Waals surface area contributed by atoms with Crippen molar-refractivity contribution < 1.29 is 0 Å². The Morgan fingerprint density at radius 3 is 2.41 bits per heavy atom. The Balaban J connectivity index is 2.48. The molecule has 0 fully saturated rings. The van der Waals surface area contributed by atoms with E-state index in [0.717, 1.165) is 5.01 Å². The quantitative estimate of drug-likeness (QED) is 0.898. The predicted octanol–water partition coefficient (Wildman–Crippen LogP) is 3.38. The molecule has 1 aromatic carbocycles.